The molecule has 0 bridgehead atoms. The van der Waals surface area contributed by atoms with Gasteiger partial charge < -0.3 is 10.8 Å². The van der Waals surface area contributed by atoms with E-state index in [1.807, 2.05) is 25.1 Å². The number of aliphatic hydroxyl groups is 1. The summed E-state index contributed by atoms with van der Waals surface area (Å²) in [6, 6.07) is 3.97. The van der Waals surface area contributed by atoms with Gasteiger partial charge >= 0.3 is 0 Å². The quantitative estimate of drug-likeness (QED) is 0.340. The Kier molecular flexibility index (Phi) is 9.34. The van der Waals surface area contributed by atoms with Crippen LogP contribution in [0.3, 0.4) is 0 Å². The fraction of sp³-hybridized carbons (Fsp3) is 0.480. The third-order valence-electron chi connectivity index (χ3n) is 5.79. The van der Waals surface area contributed by atoms with Gasteiger partial charge in [-0.3, -0.25) is 10.00 Å². The molecule has 1 aromatic carbocycles. The van der Waals surface area contributed by atoms with E-state index in [9.17, 15) is 0 Å². The van der Waals surface area contributed by atoms with Gasteiger partial charge in [0.15, 0.2) is 0 Å². The van der Waals surface area contributed by atoms with Gasteiger partial charge in [0.25, 0.3) is 0 Å². The molecule has 5 nitrogen and oxygen atoms in total. The van der Waals surface area contributed by atoms with Gasteiger partial charge in [-0.25, -0.2) is 0 Å². The number of aromatic amines is 1. The van der Waals surface area contributed by atoms with Gasteiger partial charge in [-0.15, -0.1) is 0 Å². The smallest absolute Gasteiger partial charge is 0.0931 e. The molecule has 5 heteroatoms. The lowest BCUT2D eigenvalue weighted by Crippen LogP contribution is -2.22. The van der Waals surface area contributed by atoms with Gasteiger partial charge in [0.2, 0.25) is 0 Å². The van der Waals surface area contributed by atoms with E-state index in [4.69, 9.17) is 10.8 Å². The number of nitrogens with one attached hydrogen (secondary N) is 1. The zero-order valence-corrected chi connectivity index (χ0v) is 19.3. The lowest BCUT2D eigenvalue weighted by Gasteiger charge is -2.19. The zero-order chi connectivity index (χ0) is 22.1. The van der Waals surface area contributed by atoms with Crippen LogP contribution in [0.5, 0.6) is 0 Å². The molecule has 4 N–H and O–H groups in total. The average molecular weight is 411 g/mol. The van der Waals surface area contributed by atoms with Crippen LogP contribution in [0.2, 0.25) is 0 Å². The van der Waals surface area contributed by atoms with Crippen molar-refractivity contribution in [2.24, 2.45) is 0 Å². The molecule has 30 heavy (non-hydrogen) atoms. The summed E-state index contributed by atoms with van der Waals surface area (Å²) < 4.78 is 0. The van der Waals surface area contributed by atoms with E-state index in [-0.39, 0.29) is 6.61 Å². The molecule has 0 unspecified atom stereocenters. The van der Waals surface area contributed by atoms with Crippen molar-refractivity contribution in [3.63, 3.8) is 0 Å². The number of rotatable bonds is 11. The Hall–Kier alpha value is -2.37. The van der Waals surface area contributed by atoms with Crippen molar-refractivity contribution in [1.82, 2.24) is 15.1 Å². The van der Waals surface area contributed by atoms with Crippen molar-refractivity contribution in [2.75, 3.05) is 25.4 Å². The highest BCUT2D eigenvalue weighted by atomic mass is 16.2. The number of aliphatic hydroxyl groups excluding tert-OH is 1. The van der Waals surface area contributed by atoms with Gasteiger partial charge in [0, 0.05) is 23.2 Å². The molecule has 1 aromatic heterocycles. The van der Waals surface area contributed by atoms with Crippen molar-refractivity contribution in [2.45, 2.75) is 60.4 Å². The van der Waals surface area contributed by atoms with Gasteiger partial charge in [-0.05, 0) is 63.1 Å². The number of H-pyrrole nitrogens is 1. The summed E-state index contributed by atoms with van der Waals surface area (Å²) in [6.45, 7) is 13.7. The number of nitrogens with two attached hydrogens (primary N) is 1. The Morgan fingerprint density at radius 1 is 1.23 bits per heavy atom. The van der Waals surface area contributed by atoms with Crippen LogP contribution < -0.4 is 5.73 Å². The Balaban J connectivity index is 2.62. The molecule has 0 spiro atoms. The number of hydrogen-bond donors (Lipinski definition) is 3. The van der Waals surface area contributed by atoms with E-state index in [0.717, 1.165) is 66.7 Å². The Morgan fingerprint density at radius 3 is 2.57 bits per heavy atom. The predicted molar refractivity (Wildman–Crippen MR) is 129 cm³/mol. The third-order valence-corrected chi connectivity index (χ3v) is 5.79. The van der Waals surface area contributed by atoms with Crippen LogP contribution in [-0.4, -0.2) is 39.9 Å². The molecule has 2 aromatic rings. The first-order chi connectivity index (χ1) is 14.5. The minimum absolute atomic E-state index is 0.0547. The molecule has 0 fully saturated rings. The number of nitrogen functional groups attached to an aromatic ring is 1. The molecule has 0 atom stereocenters. The molecule has 0 aliphatic carbocycles. The Labute approximate surface area is 181 Å². The fourth-order valence-electron chi connectivity index (χ4n) is 3.97. The van der Waals surface area contributed by atoms with Crippen LogP contribution in [0.15, 0.2) is 41.5 Å². The number of nitrogens with zero attached hydrogens (tertiary/aromatic N) is 2. The van der Waals surface area contributed by atoms with E-state index in [1.54, 1.807) is 6.08 Å². The maximum absolute atomic E-state index is 9.15. The molecule has 0 aliphatic heterocycles. The number of hydrogen-bond acceptors (Lipinski definition) is 4. The fourth-order valence-corrected chi connectivity index (χ4v) is 3.97. The van der Waals surface area contributed by atoms with Crippen molar-refractivity contribution >= 4 is 22.2 Å². The highest BCUT2D eigenvalue weighted by Gasteiger charge is 2.18. The minimum atomic E-state index is 0.0547. The van der Waals surface area contributed by atoms with Crippen LogP contribution in [0.4, 0.5) is 5.69 Å². The van der Waals surface area contributed by atoms with Crippen molar-refractivity contribution < 1.29 is 5.11 Å². The SMILES string of the molecule is C/C=C(\C=C/CO)C/C(CCC)=C(/C)c1c(N)ccc2n[nH]c(CN(CC)CC)c12. The summed E-state index contributed by atoms with van der Waals surface area (Å²) in [7, 11) is 0. The summed E-state index contributed by atoms with van der Waals surface area (Å²) in [6.07, 6.45) is 8.85. The molecule has 0 amide bonds. The molecule has 0 saturated carbocycles. The molecular formula is C25H38N4O. The van der Waals surface area contributed by atoms with Gasteiger partial charge in [-0.2, -0.15) is 5.10 Å². The summed E-state index contributed by atoms with van der Waals surface area (Å²) in [4.78, 5) is 2.38. The van der Waals surface area contributed by atoms with Gasteiger partial charge in [0.05, 0.1) is 17.8 Å². The first-order valence-corrected chi connectivity index (χ1v) is 11.1. The van der Waals surface area contributed by atoms with Crippen LogP contribution in [0.1, 0.15) is 65.1 Å². The summed E-state index contributed by atoms with van der Waals surface area (Å²) in [5.41, 5.74) is 14.3. The normalized spacial score (nSPS) is 13.6. The monoisotopic (exact) mass is 410 g/mol. The van der Waals surface area contributed by atoms with Crippen molar-refractivity contribution in [3.05, 3.63) is 52.8 Å². The highest BCUT2D eigenvalue weighted by molar-refractivity contribution is 5.99. The Morgan fingerprint density at radius 2 is 1.97 bits per heavy atom. The molecule has 0 radical (unpaired) electrons. The topological polar surface area (TPSA) is 78.2 Å². The number of benzene rings is 1. The molecule has 1 heterocycles. The Bertz CT molecular complexity index is 917. The van der Waals surface area contributed by atoms with Crippen LogP contribution in [0.25, 0.3) is 16.5 Å². The average Bonchev–Trinajstić information content (AvgIpc) is 3.16. The van der Waals surface area contributed by atoms with Crippen LogP contribution in [0, 0.1) is 0 Å². The summed E-state index contributed by atoms with van der Waals surface area (Å²) >= 11 is 0. The summed E-state index contributed by atoms with van der Waals surface area (Å²) in [5.74, 6) is 0. The highest BCUT2D eigenvalue weighted by Crippen LogP contribution is 2.36. The third kappa shape index (κ3) is 5.61. The van der Waals surface area contributed by atoms with E-state index >= 15 is 0 Å². The second-order valence-corrected chi connectivity index (χ2v) is 7.69. The maximum Gasteiger partial charge on any atom is 0.0931 e. The number of anilines is 1. The maximum atomic E-state index is 9.15. The number of allylic oxidation sites excluding steroid dienone is 5. The zero-order valence-electron chi connectivity index (χ0n) is 19.3. The largest absolute Gasteiger partial charge is 0.398 e. The standard InChI is InChI=1S/C25H38N4O/c1-6-11-20(16-19(7-2)12-10-15-30)18(5)24-21(26)13-14-22-25(24)23(28-27-22)17-29(8-3)9-4/h7,10,12-14,30H,6,8-9,11,15-17,26H2,1-5H3,(H,27,28)/b12-10-,19-7+,20-18-. The van der Waals surface area contributed by atoms with E-state index in [0.29, 0.717) is 0 Å². The van der Waals surface area contributed by atoms with Crippen LogP contribution in [-0.2, 0) is 6.54 Å². The molecule has 164 valence electrons. The lowest BCUT2D eigenvalue weighted by molar-refractivity contribution is 0.293. The molecular weight excluding hydrogens is 372 g/mol. The summed E-state index contributed by atoms with van der Waals surface area (Å²) in [5, 5.41) is 18.1. The first kappa shape index (κ1) is 23.9. The molecule has 0 aliphatic rings. The van der Waals surface area contributed by atoms with Crippen molar-refractivity contribution in [3.8, 4) is 0 Å². The molecule has 0 saturated heterocycles. The second kappa shape index (κ2) is 11.7. The minimum Gasteiger partial charge on any atom is -0.398 e. The lowest BCUT2D eigenvalue weighted by atomic mass is 9.89. The second-order valence-electron chi connectivity index (χ2n) is 7.69. The predicted octanol–water partition coefficient (Wildman–Crippen LogP) is 5.45. The van der Waals surface area contributed by atoms with E-state index in [2.05, 4.69) is 48.9 Å². The van der Waals surface area contributed by atoms with Gasteiger partial charge in [0.1, 0.15) is 0 Å². The van der Waals surface area contributed by atoms with Crippen molar-refractivity contribution in [1.29, 1.82) is 0 Å². The first-order valence-electron chi connectivity index (χ1n) is 11.1. The van der Waals surface area contributed by atoms with E-state index in [1.165, 1.54) is 16.7 Å². The van der Waals surface area contributed by atoms with Gasteiger partial charge in [-0.1, -0.05) is 51.0 Å². The number of aromatic nitrogens is 2. The molecule has 2 rings (SSSR count). The number of fused-ring (bicyclic) bond motifs is 1. The van der Waals surface area contributed by atoms with E-state index < -0.39 is 0 Å². The van der Waals surface area contributed by atoms with Crippen LogP contribution >= 0.6 is 0 Å².